The molecule has 0 unspecified atom stereocenters. The van der Waals surface area contributed by atoms with Gasteiger partial charge in [0.05, 0.1) is 10.9 Å². The number of aryl methyl sites for hydroxylation is 2. The molecule has 1 amide bonds. The number of sulfonamides is 1. The van der Waals surface area contributed by atoms with E-state index in [1.165, 1.54) is 23.3 Å². The molecule has 0 saturated carbocycles. The lowest BCUT2D eigenvalue weighted by molar-refractivity contribution is -0.132. The minimum Gasteiger partial charge on any atom is -0.336 e. The van der Waals surface area contributed by atoms with Gasteiger partial charge in [0.25, 0.3) is 0 Å². The molecule has 1 heterocycles. The van der Waals surface area contributed by atoms with Crippen molar-refractivity contribution in [2.24, 2.45) is 5.14 Å². The number of amides is 1. The zero-order valence-electron chi connectivity index (χ0n) is 14.9. The van der Waals surface area contributed by atoms with Crippen molar-refractivity contribution in [1.29, 1.82) is 0 Å². The van der Waals surface area contributed by atoms with Crippen LogP contribution in [0.2, 0.25) is 0 Å². The predicted octanol–water partition coefficient (Wildman–Crippen LogP) is 2.94. The Morgan fingerprint density at radius 2 is 1.77 bits per heavy atom. The Morgan fingerprint density at radius 3 is 2.38 bits per heavy atom. The van der Waals surface area contributed by atoms with E-state index in [9.17, 15) is 13.2 Å². The molecule has 6 heteroatoms. The highest BCUT2D eigenvalue weighted by molar-refractivity contribution is 7.89. The predicted molar refractivity (Wildman–Crippen MR) is 101 cm³/mol. The van der Waals surface area contributed by atoms with Gasteiger partial charge in [0.15, 0.2) is 0 Å². The van der Waals surface area contributed by atoms with Crippen LogP contribution in [0.5, 0.6) is 0 Å². The van der Waals surface area contributed by atoms with Crippen molar-refractivity contribution in [2.75, 3.05) is 6.54 Å². The number of nitrogens with two attached hydrogens (primary N) is 1. The van der Waals surface area contributed by atoms with Gasteiger partial charge in [-0.3, -0.25) is 4.79 Å². The zero-order valence-corrected chi connectivity index (χ0v) is 15.7. The van der Waals surface area contributed by atoms with Crippen LogP contribution in [0.15, 0.2) is 53.4 Å². The maximum absolute atomic E-state index is 12.7. The van der Waals surface area contributed by atoms with Crippen molar-refractivity contribution >= 4 is 15.9 Å². The van der Waals surface area contributed by atoms with Gasteiger partial charge in [0.2, 0.25) is 15.9 Å². The van der Waals surface area contributed by atoms with Crippen LogP contribution in [-0.4, -0.2) is 25.8 Å². The first-order chi connectivity index (χ1) is 12.3. The SMILES string of the molecule is Cc1ccc([C@H]2CCCN2C(=O)CCc2ccc(S(N)(=O)=O)cc2)cc1. The summed E-state index contributed by atoms with van der Waals surface area (Å²) in [6.45, 7) is 2.85. The van der Waals surface area contributed by atoms with E-state index >= 15 is 0 Å². The van der Waals surface area contributed by atoms with Gasteiger partial charge in [-0.2, -0.15) is 0 Å². The molecule has 0 bridgehead atoms. The molecular weight excluding hydrogens is 348 g/mol. The quantitative estimate of drug-likeness (QED) is 0.876. The smallest absolute Gasteiger partial charge is 0.238 e. The lowest BCUT2D eigenvalue weighted by atomic mass is 10.0. The molecular formula is C20H24N2O3S. The van der Waals surface area contributed by atoms with Crippen LogP contribution < -0.4 is 5.14 Å². The van der Waals surface area contributed by atoms with Crippen molar-refractivity contribution in [2.45, 2.75) is 43.5 Å². The van der Waals surface area contributed by atoms with Crippen LogP contribution in [-0.2, 0) is 21.2 Å². The van der Waals surface area contributed by atoms with Crippen LogP contribution in [0.1, 0.15) is 42.0 Å². The number of carbonyl (C=O) groups is 1. The molecule has 5 nitrogen and oxygen atoms in total. The van der Waals surface area contributed by atoms with Crippen molar-refractivity contribution in [3.8, 4) is 0 Å². The molecule has 2 aromatic carbocycles. The molecule has 1 saturated heterocycles. The van der Waals surface area contributed by atoms with Gasteiger partial charge < -0.3 is 4.90 Å². The Morgan fingerprint density at radius 1 is 1.12 bits per heavy atom. The third kappa shape index (κ3) is 4.31. The van der Waals surface area contributed by atoms with E-state index in [-0.39, 0.29) is 16.8 Å². The molecule has 1 atom stereocenters. The van der Waals surface area contributed by atoms with E-state index in [1.54, 1.807) is 12.1 Å². The molecule has 138 valence electrons. The van der Waals surface area contributed by atoms with Crippen molar-refractivity contribution in [1.82, 2.24) is 4.90 Å². The number of primary sulfonamides is 1. The molecule has 2 N–H and O–H groups in total. The second-order valence-corrected chi connectivity index (χ2v) is 8.41. The molecule has 1 aliphatic heterocycles. The Hall–Kier alpha value is -2.18. The summed E-state index contributed by atoms with van der Waals surface area (Å²) < 4.78 is 22.6. The summed E-state index contributed by atoms with van der Waals surface area (Å²) in [7, 11) is -3.68. The van der Waals surface area contributed by atoms with E-state index in [0.29, 0.717) is 12.8 Å². The zero-order chi connectivity index (χ0) is 18.7. The molecule has 1 fully saturated rings. The number of hydrogen-bond acceptors (Lipinski definition) is 3. The van der Waals surface area contributed by atoms with E-state index < -0.39 is 10.0 Å². The minimum atomic E-state index is -3.68. The number of benzene rings is 2. The molecule has 0 radical (unpaired) electrons. The lowest BCUT2D eigenvalue weighted by Gasteiger charge is -2.25. The Balaban J connectivity index is 1.63. The Labute approximate surface area is 154 Å². The maximum Gasteiger partial charge on any atom is 0.238 e. The highest BCUT2D eigenvalue weighted by Crippen LogP contribution is 2.32. The molecule has 0 spiro atoms. The van der Waals surface area contributed by atoms with Crippen molar-refractivity contribution in [3.63, 3.8) is 0 Å². The summed E-state index contributed by atoms with van der Waals surface area (Å²) in [4.78, 5) is 14.8. The van der Waals surface area contributed by atoms with Gasteiger partial charge in [0.1, 0.15) is 0 Å². The summed E-state index contributed by atoms with van der Waals surface area (Å²) in [5, 5.41) is 5.10. The van der Waals surface area contributed by atoms with E-state index in [4.69, 9.17) is 5.14 Å². The number of carbonyl (C=O) groups excluding carboxylic acids is 1. The summed E-state index contributed by atoms with van der Waals surface area (Å²) in [6, 6.07) is 15.0. The third-order valence-electron chi connectivity index (χ3n) is 4.91. The average Bonchev–Trinajstić information content (AvgIpc) is 3.10. The fourth-order valence-corrected chi connectivity index (χ4v) is 3.96. The van der Waals surface area contributed by atoms with Crippen LogP contribution in [0.4, 0.5) is 0 Å². The monoisotopic (exact) mass is 372 g/mol. The number of likely N-dealkylation sites (tertiary alicyclic amines) is 1. The first-order valence-corrected chi connectivity index (χ1v) is 10.4. The summed E-state index contributed by atoms with van der Waals surface area (Å²) in [6.07, 6.45) is 3.02. The first-order valence-electron chi connectivity index (χ1n) is 8.82. The van der Waals surface area contributed by atoms with Crippen LogP contribution in [0.25, 0.3) is 0 Å². The molecule has 0 aliphatic carbocycles. The van der Waals surface area contributed by atoms with Gasteiger partial charge in [-0.05, 0) is 49.4 Å². The highest BCUT2D eigenvalue weighted by atomic mass is 32.2. The summed E-state index contributed by atoms with van der Waals surface area (Å²) in [5.74, 6) is 0.142. The van der Waals surface area contributed by atoms with E-state index in [2.05, 4.69) is 31.2 Å². The van der Waals surface area contributed by atoms with Crippen molar-refractivity contribution < 1.29 is 13.2 Å². The van der Waals surface area contributed by atoms with Gasteiger partial charge in [-0.1, -0.05) is 42.0 Å². The Bertz CT molecular complexity index is 874. The van der Waals surface area contributed by atoms with Crippen LogP contribution in [0.3, 0.4) is 0 Å². The maximum atomic E-state index is 12.7. The largest absolute Gasteiger partial charge is 0.336 e. The first kappa shape index (κ1) is 18.6. The molecule has 2 aromatic rings. The van der Waals surface area contributed by atoms with Gasteiger partial charge in [0, 0.05) is 13.0 Å². The fourth-order valence-electron chi connectivity index (χ4n) is 3.44. The number of hydrogen-bond donors (Lipinski definition) is 1. The normalized spacial score (nSPS) is 17.5. The van der Waals surface area contributed by atoms with E-state index in [0.717, 1.165) is 24.9 Å². The van der Waals surface area contributed by atoms with Crippen LogP contribution >= 0.6 is 0 Å². The second-order valence-electron chi connectivity index (χ2n) is 6.84. The van der Waals surface area contributed by atoms with E-state index in [1.807, 2.05) is 4.90 Å². The van der Waals surface area contributed by atoms with Crippen LogP contribution in [0, 0.1) is 6.92 Å². The molecule has 26 heavy (non-hydrogen) atoms. The molecule has 3 rings (SSSR count). The molecule has 1 aliphatic rings. The van der Waals surface area contributed by atoms with Crippen molar-refractivity contribution in [3.05, 3.63) is 65.2 Å². The van der Waals surface area contributed by atoms with Gasteiger partial charge in [-0.15, -0.1) is 0 Å². The minimum absolute atomic E-state index is 0.0894. The van der Waals surface area contributed by atoms with Gasteiger partial charge in [-0.25, -0.2) is 13.6 Å². The second kappa shape index (κ2) is 7.60. The molecule has 0 aromatic heterocycles. The number of nitrogens with zero attached hydrogens (tertiary/aromatic N) is 1. The fraction of sp³-hybridized carbons (Fsp3) is 0.350. The lowest BCUT2D eigenvalue weighted by Crippen LogP contribution is -2.30. The topological polar surface area (TPSA) is 80.5 Å². The standard InChI is InChI=1S/C20H24N2O3S/c1-15-4-9-17(10-5-15)19-3-2-14-22(19)20(23)13-8-16-6-11-18(12-7-16)26(21,24)25/h4-7,9-12,19H,2-3,8,13-14H2,1H3,(H2,21,24,25)/t19-/m1/s1. The summed E-state index contributed by atoms with van der Waals surface area (Å²) in [5.41, 5.74) is 3.34. The third-order valence-corrected chi connectivity index (χ3v) is 5.84. The summed E-state index contributed by atoms with van der Waals surface area (Å²) >= 11 is 0. The Kier molecular flexibility index (Phi) is 5.44. The highest BCUT2D eigenvalue weighted by Gasteiger charge is 2.29. The average molecular weight is 372 g/mol. The number of rotatable bonds is 5. The van der Waals surface area contributed by atoms with Gasteiger partial charge >= 0.3 is 0 Å².